The number of nitrogens with one attached hydrogen (secondary N) is 2. The van der Waals surface area contributed by atoms with Gasteiger partial charge in [0.05, 0.1) is 24.0 Å². The quantitative estimate of drug-likeness (QED) is 0.168. The van der Waals surface area contributed by atoms with E-state index in [1.807, 2.05) is 0 Å². The van der Waals surface area contributed by atoms with Crippen LogP contribution in [0.1, 0.15) is 39.5 Å². The van der Waals surface area contributed by atoms with Crippen LogP contribution in [0.4, 0.5) is 0 Å². The predicted octanol–water partition coefficient (Wildman–Crippen LogP) is -3.06. The van der Waals surface area contributed by atoms with Crippen molar-refractivity contribution in [3.05, 3.63) is 24.3 Å². The number of carboxylic acid groups (broad SMARTS) is 4. The minimum absolute atomic E-state index is 0. The van der Waals surface area contributed by atoms with Crippen LogP contribution in [-0.2, 0) is 28.8 Å². The predicted molar refractivity (Wildman–Crippen MR) is 103 cm³/mol. The molecule has 168 valence electrons. The molecule has 0 radical (unpaired) electrons. The van der Waals surface area contributed by atoms with Crippen LogP contribution in [0.3, 0.4) is 0 Å². The van der Waals surface area contributed by atoms with Gasteiger partial charge in [0.1, 0.15) is 0 Å². The van der Waals surface area contributed by atoms with Gasteiger partial charge in [0.25, 0.3) is 0 Å². The van der Waals surface area contributed by atoms with Crippen molar-refractivity contribution >= 4 is 73.4 Å². The zero-order valence-corrected chi connectivity index (χ0v) is 19.5. The second kappa shape index (κ2) is 17.3. The number of carboxylic acids is 4. The van der Waals surface area contributed by atoms with E-state index < -0.39 is 47.8 Å². The largest absolute Gasteiger partial charge is 2.00 e. The fraction of sp³-hybridized carbons (Fsp3) is 0.444. The molecular formula is C18H24CaN2O10. The molecule has 13 heteroatoms. The van der Waals surface area contributed by atoms with Crippen molar-refractivity contribution in [2.75, 3.05) is 0 Å². The Hall–Kier alpha value is -2.44. The van der Waals surface area contributed by atoms with Crippen LogP contribution in [0.5, 0.6) is 0 Å². The molecule has 0 aliphatic rings. The summed E-state index contributed by atoms with van der Waals surface area (Å²) < 4.78 is 0. The summed E-state index contributed by atoms with van der Waals surface area (Å²) in [7, 11) is 0. The molecule has 0 bridgehead atoms. The number of rotatable bonds is 12. The summed E-state index contributed by atoms with van der Waals surface area (Å²) in [6.07, 6.45) is -1.13. The Morgan fingerprint density at radius 3 is 1.16 bits per heavy atom. The summed E-state index contributed by atoms with van der Waals surface area (Å²) in [5.74, 6) is -6.54. The minimum Gasteiger partial charge on any atom is -0.548 e. The van der Waals surface area contributed by atoms with Gasteiger partial charge in [-0.05, 0) is 26.7 Å². The van der Waals surface area contributed by atoms with Gasteiger partial charge < -0.3 is 40.6 Å². The summed E-state index contributed by atoms with van der Waals surface area (Å²) >= 11 is 0. The Morgan fingerprint density at radius 2 is 1.00 bits per heavy atom. The van der Waals surface area contributed by atoms with Crippen LogP contribution in [0.2, 0.25) is 0 Å². The first-order valence-corrected chi connectivity index (χ1v) is 8.47. The van der Waals surface area contributed by atoms with Crippen LogP contribution in [-0.4, -0.2) is 95.7 Å². The summed E-state index contributed by atoms with van der Waals surface area (Å²) in [6.45, 7) is 9.47. The number of aliphatic carboxylic acids is 4. The zero-order valence-electron chi connectivity index (χ0n) is 17.3. The SMILES string of the molecule is C=C(C)C(=O)N[C@@H](CCC(=O)O)C(=O)[O-].C=C(C)C(=O)N[C@@H](CCC(=O)O)C(=O)[O-].[Ca+2]. The number of carbonyl (C=O) groups excluding carboxylic acids is 4. The second-order valence-electron chi connectivity index (χ2n) is 6.12. The third kappa shape index (κ3) is 18.1. The van der Waals surface area contributed by atoms with Crippen LogP contribution in [0.15, 0.2) is 24.3 Å². The van der Waals surface area contributed by atoms with E-state index in [1.165, 1.54) is 13.8 Å². The van der Waals surface area contributed by atoms with Crippen molar-refractivity contribution in [1.82, 2.24) is 10.6 Å². The van der Waals surface area contributed by atoms with Crippen molar-refractivity contribution in [2.24, 2.45) is 0 Å². The smallest absolute Gasteiger partial charge is 0.548 e. The van der Waals surface area contributed by atoms with Crippen molar-refractivity contribution in [3.63, 3.8) is 0 Å². The molecule has 31 heavy (non-hydrogen) atoms. The molecule has 0 rings (SSSR count). The summed E-state index contributed by atoms with van der Waals surface area (Å²) in [4.78, 5) is 63.6. The molecule has 2 amide bonds. The number of carbonyl (C=O) groups is 6. The van der Waals surface area contributed by atoms with E-state index in [2.05, 4.69) is 23.8 Å². The van der Waals surface area contributed by atoms with Gasteiger partial charge in [-0.3, -0.25) is 19.2 Å². The Labute approximate surface area is 208 Å². The van der Waals surface area contributed by atoms with E-state index in [4.69, 9.17) is 10.2 Å². The standard InChI is InChI=1S/2C9H13NO5.Ca/c2*1-5(2)8(13)10-6(9(14)15)3-4-7(11)12;/h2*6H,1,3-4H2,2H3,(H,10,13)(H,11,12)(H,14,15);/q;;+2/p-2/t2*6-;/m00./s1. The van der Waals surface area contributed by atoms with Gasteiger partial charge in [-0.25, -0.2) is 0 Å². The van der Waals surface area contributed by atoms with Crippen LogP contribution in [0.25, 0.3) is 0 Å². The number of hydrogen-bond acceptors (Lipinski definition) is 8. The fourth-order valence-electron chi connectivity index (χ4n) is 1.60. The molecule has 0 aromatic carbocycles. The maximum Gasteiger partial charge on any atom is 2.00 e. The molecule has 0 aliphatic carbocycles. The average Bonchev–Trinajstić information content (AvgIpc) is 2.60. The summed E-state index contributed by atoms with van der Waals surface area (Å²) in [5.41, 5.74) is 0.299. The molecule has 0 saturated carbocycles. The van der Waals surface area contributed by atoms with Crippen LogP contribution >= 0.6 is 0 Å². The average molecular weight is 468 g/mol. The molecule has 2 atom stereocenters. The maximum absolute atomic E-state index is 11.1. The van der Waals surface area contributed by atoms with Gasteiger partial charge in [0, 0.05) is 24.0 Å². The molecule has 0 aliphatic heterocycles. The molecule has 0 saturated heterocycles. The van der Waals surface area contributed by atoms with E-state index in [1.54, 1.807) is 0 Å². The summed E-state index contributed by atoms with van der Waals surface area (Å²) in [6, 6.07) is -2.60. The molecule has 0 unspecified atom stereocenters. The van der Waals surface area contributed by atoms with E-state index >= 15 is 0 Å². The minimum atomic E-state index is -1.51. The third-order valence-corrected chi connectivity index (χ3v) is 3.25. The normalized spacial score (nSPS) is 11.2. The first-order valence-electron chi connectivity index (χ1n) is 8.47. The van der Waals surface area contributed by atoms with Crippen molar-refractivity contribution in [3.8, 4) is 0 Å². The third-order valence-electron chi connectivity index (χ3n) is 3.25. The monoisotopic (exact) mass is 468 g/mol. The molecule has 0 fully saturated rings. The Morgan fingerprint density at radius 1 is 0.742 bits per heavy atom. The Bertz CT molecular complexity index is 660. The van der Waals surface area contributed by atoms with Gasteiger partial charge in [0.15, 0.2) is 0 Å². The molecular weight excluding hydrogens is 444 g/mol. The van der Waals surface area contributed by atoms with E-state index in [0.29, 0.717) is 0 Å². The molecule has 4 N–H and O–H groups in total. The van der Waals surface area contributed by atoms with Gasteiger partial charge >= 0.3 is 49.7 Å². The van der Waals surface area contributed by atoms with Gasteiger partial charge in [-0.15, -0.1) is 0 Å². The Balaban J connectivity index is -0.000000490. The van der Waals surface area contributed by atoms with Crippen LogP contribution < -0.4 is 20.8 Å². The topological polar surface area (TPSA) is 213 Å². The molecule has 0 aromatic heterocycles. The fourth-order valence-corrected chi connectivity index (χ4v) is 1.60. The molecule has 0 aromatic rings. The summed E-state index contributed by atoms with van der Waals surface area (Å²) in [5, 5.41) is 41.9. The zero-order chi connectivity index (χ0) is 24.0. The number of amides is 2. The van der Waals surface area contributed by atoms with E-state index in [0.717, 1.165) is 0 Å². The van der Waals surface area contributed by atoms with Crippen LogP contribution in [0, 0.1) is 0 Å². The van der Waals surface area contributed by atoms with E-state index in [9.17, 15) is 39.0 Å². The first-order chi connectivity index (χ1) is 13.7. The van der Waals surface area contributed by atoms with Gasteiger partial charge in [-0.1, -0.05) is 13.2 Å². The maximum atomic E-state index is 11.1. The number of hydrogen-bond donors (Lipinski definition) is 4. The molecule has 0 spiro atoms. The van der Waals surface area contributed by atoms with Crippen molar-refractivity contribution < 1.29 is 49.2 Å². The van der Waals surface area contributed by atoms with Gasteiger partial charge in [0.2, 0.25) is 11.8 Å². The van der Waals surface area contributed by atoms with E-state index in [-0.39, 0.29) is 74.6 Å². The second-order valence-corrected chi connectivity index (χ2v) is 6.12. The molecule has 0 heterocycles. The van der Waals surface area contributed by atoms with Crippen molar-refractivity contribution in [1.29, 1.82) is 0 Å². The van der Waals surface area contributed by atoms with Crippen molar-refractivity contribution in [2.45, 2.75) is 51.6 Å². The van der Waals surface area contributed by atoms with Gasteiger partial charge in [-0.2, -0.15) is 0 Å². The Kier molecular flexibility index (Phi) is 18.5. The molecule has 12 nitrogen and oxygen atoms in total. The first kappa shape index (κ1) is 33.2.